The van der Waals surface area contributed by atoms with Gasteiger partial charge in [0.2, 0.25) is 0 Å². The van der Waals surface area contributed by atoms with Gasteiger partial charge in [0, 0.05) is 66.9 Å². The third-order valence-corrected chi connectivity index (χ3v) is 21.2. The maximum absolute atomic E-state index is 15.0. The van der Waals surface area contributed by atoms with E-state index in [1.54, 1.807) is 42.3 Å². The molecule has 9 aromatic heterocycles. The molecule has 0 radical (unpaired) electrons. The van der Waals surface area contributed by atoms with E-state index >= 15 is 4.39 Å². The van der Waals surface area contributed by atoms with E-state index in [9.17, 15) is 8.78 Å². The maximum Gasteiger partial charge on any atom is 0.186 e. The summed E-state index contributed by atoms with van der Waals surface area (Å²) in [6, 6.07) is 22.7. The molecule has 23 heteroatoms. The van der Waals surface area contributed by atoms with Gasteiger partial charge in [0.05, 0.1) is 71.9 Å². The van der Waals surface area contributed by atoms with Crippen molar-refractivity contribution in [3.8, 4) is 33.8 Å². The summed E-state index contributed by atoms with van der Waals surface area (Å²) in [5.74, 6) is -0.422. The zero-order chi connectivity index (χ0) is 60.6. The van der Waals surface area contributed by atoms with E-state index in [1.165, 1.54) is 42.9 Å². The summed E-state index contributed by atoms with van der Waals surface area (Å²) in [7, 11) is 4.13. The highest BCUT2D eigenvalue weighted by atomic mass is 32.1. The molecule has 88 heavy (non-hydrogen) atoms. The fourth-order valence-corrected chi connectivity index (χ4v) is 16.5. The number of imidazole rings is 3. The number of anilines is 2. The van der Waals surface area contributed by atoms with Crippen molar-refractivity contribution in [2.45, 2.75) is 129 Å². The molecule has 6 atom stereocenters. The fourth-order valence-electron chi connectivity index (χ4n) is 13.3. The molecular weight excluding hydrogens is 1170 g/mol. The number of nitrogens with one attached hydrogen (secondary N) is 2. The molecular formula is C65H70F3N17S3. The van der Waals surface area contributed by atoms with Gasteiger partial charge in [-0.3, -0.25) is 0 Å². The molecule has 2 N–H and O–H groups in total. The first kappa shape index (κ1) is 58.2. The Morgan fingerprint density at radius 2 is 1.00 bits per heavy atom. The largest absolute Gasteiger partial charge is 0.348 e. The van der Waals surface area contributed by atoms with E-state index in [0.29, 0.717) is 58.4 Å². The molecule has 0 spiro atoms. The zero-order valence-corrected chi connectivity index (χ0v) is 53.0. The van der Waals surface area contributed by atoms with Crippen LogP contribution in [0.4, 0.5) is 23.4 Å². The summed E-state index contributed by atoms with van der Waals surface area (Å²) < 4.78 is 52.7. The van der Waals surface area contributed by atoms with Gasteiger partial charge in [0.1, 0.15) is 16.6 Å². The lowest BCUT2D eigenvalue weighted by Gasteiger charge is -2.34. The quantitative estimate of drug-likeness (QED) is 0.148. The zero-order valence-electron chi connectivity index (χ0n) is 50.6. The van der Waals surface area contributed by atoms with Crippen molar-refractivity contribution in [2.24, 2.45) is 0 Å². The lowest BCUT2D eigenvalue weighted by molar-refractivity contribution is 0.181. The second kappa shape index (κ2) is 23.8. The van der Waals surface area contributed by atoms with E-state index in [1.807, 2.05) is 94.8 Å². The van der Waals surface area contributed by atoms with Crippen LogP contribution in [-0.4, -0.2) is 134 Å². The molecule has 0 amide bonds. The average molecular weight is 1240 g/mol. The van der Waals surface area contributed by atoms with Crippen LogP contribution in [-0.2, 0) is 0 Å². The molecule has 4 saturated heterocycles. The molecule has 17 nitrogen and oxygen atoms in total. The monoisotopic (exact) mass is 1240 g/mol. The number of piperidine rings is 3. The maximum atomic E-state index is 15.0. The number of nitrogens with zero attached hydrogens (tertiary/aromatic N) is 15. The Morgan fingerprint density at radius 1 is 0.511 bits per heavy atom. The number of thiazole rings is 3. The van der Waals surface area contributed by atoms with E-state index < -0.39 is 0 Å². The number of aromatic nitrogens is 12. The molecule has 454 valence electrons. The molecule has 0 bridgehead atoms. The lowest BCUT2D eigenvalue weighted by Crippen LogP contribution is -2.45. The average Bonchev–Trinajstić information content (AvgIpc) is 2.79. The molecule has 0 saturated carbocycles. The van der Waals surface area contributed by atoms with Crippen LogP contribution in [0.3, 0.4) is 0 Å². The number of aryl methyl sites for hydroxylation is 4. The van der Waals surface area contributed by atoms with Crippen molar-refractivity contribution < 1.29 is 13.2 Å². The SMILES string of the molecule is Cc1cn2nc(-c3cc(F)c4nc(C5CCN6CCCC6C5)sc4c3)ccc2n1.Cc1cn2nc(-c3cc(F)c4nc(N(C)C5CCN[C@@H](C)C5)sc4c3)cc(C)c2n1.Cc1cn2nc(-c3cc(F)c4nc(N(C)C5CCN[C@@H](C)C5)sc4c3)ccc2n1. The molecule has 3 aromatic carbocycles. The van der Waals surface area contributed by atoms with Gasteiger partial charge in [-0.2, -0.15) is 15.3 Å². The van der Waals surface area contributed by atoms with E-state index in [-0.39, 0.29) is 17.5 Å². The predicted octanol–water partition coefficient (Wildman–Crippen LogP) is 13.2. The van der Waals surface area contributed by atoms with Crippen LogP contribution in [0.25, 0.3) is 81.4 Å². The highest BCUT2D eigenvalue weighted by Crippen LogP contribution is 2.42. The molecule has 4 fully saturated rings. The fraction of sp³-hybridized carbons (Fsp3) is 0.400. The van der Waals surface area contributed by atoms with Gasteiger partial charge >= 0.3 is 0 Å². The molecule has 12 aromatic rings. The number of halogens is 3. The van der Waals surface area contributed by atoms with Gasteiger partial charge in [0.15, 0.2) is 44.7 Å². The van der Waals surface area contributed by atoms with Gasteiger partial charge in [-0.15, -0.1) is 11.3 Å². The number of benzene rings is 3. The first-order valence-electron chi connectivity index (χ1n) is 30.5. The second-order valence-corrected chi connectivity index (χ2v) is 27.6. The normalized spacial score (nSPS) is 20.7. The smallest absolute Gasteiger partial charge is 0.186 e. The third-order valence-electron chi connectivity index (χ3n) is 17.9. The summed E-state index contributed by atoms with van der Waals surface area (Å²) in [4.78, 5) is 34.3. The van der Waals surface area contributed by atoms with Gasteiger partial charge in [0.25, 0.3) is 0 Å². The molecule has 16 rings (SSSR count). The van der Waals surface area contributed by atoms with Crippen LogP contribution in [0, 0.1) is 45.1 Å². The summed E-state index contributed by atoms with van der Waals surface area (Å²) in [6.07, 6.45) is 14.8. The van der Waals surface area contributed by atoms with Crippen molar-refractivity contribution in [3.63, 3.8) is 0 Å². The van der Waals surface area contributed by atoms with Crippen LogP contribution in [0.5, 0.6) is 0 Å². The van der Waals surface area contributed by atoms with Gasteiger partial charge < -0.3 is 25.3 Å². The van der Waals surface area contributed by atoms with Crippen molar-refractivity contribution in [1.82, 2.24) is 74.3 Å². The first-order chi connectivity index (χ1) is 42.5. The summed E-state index contributed by atoms with van der Waals surface area (Å²) in [5, 5.41) is 23.6. The number of hydrogen-bond acceptors (Lipinski definition) is 17. The topological polar surface area (TPSA) is 163 Å². The van der Waals surface area contributed by atoms with E-state index in [4.69, 9.17) is 4.98 Å². The Labute approximate surface area is 519 Å². The third kappa shape index (κ3) is 11.6. The highest BCUT2D eigenvalue weighted by Gasteiger charge is 2.34. The Hall–Kier alpha value is -7.54. The molecule has 13 heterocycles. The van der Waals surface area contributed by atoms with Crippen LogP contribution in [0.2, 0.25) is 0 Å². The first-order valence-corrected chi connectivity index (χ1v) is 32.9. The van der Waals surface area contributed by atoms with E-state index in [2.05, 4.69) is 93.5 Å². The Bertz CT molecular complexity index is 4420. The molecule has 4 unspecified atom stereocenters. The standard InChI is InChI=1S/C22H25FN6S.C22H22FN5S.C21H23FN6S/c1-12-7-18(27-29-11-14(3)25-21(12)29)15-9-17(23)20-19(10-15)30-22(26-20)28(4)16-5-6-24-13(2)8-16;1-13-12-28-20(24-13)5-4-18(26-28)15-10-17(23)21-19(11-15)29-22(25-21)14-6-8-27-7-2-3-16(27)9-14;1-12-8-15(6-7-23-12)27(3)21-25-20-16(22)9-14(10-18(20)29-21)17-4-5-19-24-13(2)11-28(19)26-17/h7,9-11,13,16,24H,5-6,8H2,1-4H3;4-5,10-12,14,16H,2-3,6-9H2,1H3;4-5,9-12,15,23H,6-8H2,1-3H3/t13-,16?;;12-,15?/m0.0/s1. The van der Waals surface area contributed by atoms with Crippen molar-refractivity contribution in [2.75, 3.05) is 50.1 Å². The van der Waals surface area contributed by atoms with Crippen molar-refractivity contribution >= 4 is 91.9 Å². The minimum atomic E-state index is -0.309. The van der Waals surface area contributed by atoms with E-state index in [0.717, 1.165) is 155 Å². The van der Waals surface area contributed by atoms with Crippen LogP contribution < -0.4 is 20.4 Å². The minimum absolute atomic E-state index is 0.262. The van der Waals surface area contributed by atoms with Crippen molar-refractivity contribution in [3.05, 3.63) is 130 Å². The highest BCUT2D eigenvalue weighted by molar-refractivity contribution is 7.22. The predicted molar refractivity (Wildman–Crippen MR) is 348 cm³/mol. The number of hydrogen-bond donors (Lipinski definition) is 2. The Balaban J connectivity index is 0.000000116. The lowest BCUT2D eigenvalue weighted by atomic mass is 9.92. The second-order valence-electron chi connectivity index (χ2n) is 24.5. The molecule has 4 aliphatic rings. The van der Waals surface area contributed by atoms with Crippen LogP contribution in [0.1, 0.15) is 98.8 Å². The van der Waals surface area contributed by atoms with Gasteiger partial charge in [-0.25, -0.2) is 56.6 Å². The molecule has 4 aliphatic heterocycles. The summed E-state index contributed by atoms with van der Waals surface area (Å²) >= 11 is 4.73. The van der Waals surface area contributed by atoms with Crippen LogP contribution in [0.15, 0.2) is 85.3 Å². The number of rotatable bonds is 8. The van der Waals surface area contributed by atoms with Gasteiger partial charge in [-0.05, 0) is 191 Å². The Morgan fingerprint density at radius 3 is 1.55 bits per heavy atom. The van der Waals surface area contributed by atoms with Gasteiger partial charge in [-0.1, -0.05) is 22.7 Å². The Kier molecular flexibility index (Phi) is 15.7. The summed E-state index contributed by atoms with van der Waals surface area (Å²) in [6.45, 7) is 16.6. The minimum Gasteiger partial charge on any atom is -0.348 e. The molecule has 0 aliphatic carbocycles. The summed E-state index contributed by atoms with van der Waals surface area (Å²) in [5.41, 5.74) is 12.0. The number of fused-ring (bicyclic) bond motifs is 7. The van der Waals surface area contributed by atoms with Crippen molar-refractivity contribution in [1.29, 1.82) is 0 Å². The van der Waals surface area contributed by atoms with Crippen LogP contribution >= 0.6 is 34.0 Å².